The molecule has 4 rings (SSSR count). The number of thiophene rings is 1. The standard InChI is InChI=1S/C20H16F5N5O2S/c1-19(21,22)17-15(20(23,24)25)16(30(3)27-17)11-7-12(32-28-11)13-6-10(14(8-26)33-13)18(31)29(2)9-4-5-9/h6-7,9H,4-5H2,1-3H3. The van der Waals surface area contributed by atoms with Gasteiger partial charge in [-0.1, -0.05) is 5.16 Å². The van der Waals surface area contributed by atoms with Gasteiger partial charge in [-0.3, -0.25) is 9.48 Å². The number of amides is 1. The first kappa shape index (κ1) is 22.9. The van der Waals surface area contributed by atoms with Crippen molar-refractivity contribution in [1.29, 1.82) is 5.26 Å². The molecule has 0 bridgehead atoms. The monoisotopic (exact) mass is 485 g/mol. The number of aryl methyl sites for hydroxylation is 1. The molecule has 1 saturated carbocycles. The van der Waals surface area contributed by atoms with Crippen LogP contribution in [0.15, 0.2) is 16.7 Å². The second-order valence-electron chi connectivity index (χ2n) is 7.77. The van der Waals surface area contributed by atoms with Crippen molar-refractivity contribution < 1.29 is 31.3 Å². The van der Waals surface area contributed by atoms with Crippen molar-refractivity contribution in [3.63, 3.8) is 0 Å². The van der Waals surface area contributed by atoms with Crippen molar-refractivity contribution >= 4 is 17.2 Å². The van der Waals surface area contributed by atoms with E-state index in [-0.39, 0.29) is 38.7 Å². The van der Waals surface area contributed by atoms with Gasteiger partial charge in [0, 0.05) is 33.1 Å². The van der Waals surface area contributed by atoms with Gasteiger partial charge in [-0.15, -0.1) is 11.3 Å². The molecule has 174 valence electrons. The summed E-state index contributed by atoms with van der Waals surface area (Å²) in [5, 5.41) is 16.4. The van der Waals surface area contributed by atoms with Crippen molar-refractivity contribution in [2.24, 2.45) is 7.05 Å². The van der Waals surface area contributed by atoms with E-state index in [1.165, 1.54) is 11.0 Å². The smallest absolute Gasteiger partial charge is 0.355 e. The van der Waals surface area contributed by atoms with E-state index in [4.69, 9.17) is 4.52 Å². The minimum absolute atomic E-state index is 0.0150. The van der Waals surface area contributed by atoms with Crippen LogP contribution in [0.1, 0.15) is 46.3 Å². The van der Waals surface area contributed by atoms with Crippen molar-refractivity contribution in [2.45, 2.75) is 37.9 Å². The van der Waals surface area contributed by atoms with Crippen molar-refractivity contribution in [3.05, 3.63) is 33.8 Å². The van der Waals surface area contributed by atoms with Gasteiger partial charge in [0.05, 0.1) is 10.4 Å². The minimum Gasteiger partial charge on any atom is -0.355 e. The number of nitriles is 1. The maximum Gasteiger partial charge on any atom is 0.420 e. The van der Waals surface area contributed by atoms with Gasteiger partial charge in [0.1, 0.15) is 33.6 Å². The lowest BCUT2D eigenvalue weighted by molar-refractivity contribution is -0.141. The molecular formula is C20H16F5N5O2S. The topological polar surface area (TPSA) is 87.9 Å². The molecule has 1 aliphatic carbocycles. The summed E-state index contributed by atoms with van der Waals surface area (Å²) in [5.74, 6) is -4.21. The molecule has 0 spiro atoms. The molecule has 33 heavy (non-hydrogen) atoms. The van der Waals surface area contributed by atoms with Crippen LogP contribution in [0.5, 0.6) is 0 Å². The van der Waals surface area contributed by atoms with Crippen LogP contribution < -0.4 is 0 Å². The molecule has 0 saturated heterocycles. The summed E-state index contributed by atoms with van der Waals surface area (Å²) in [4.78, 5) is 14.6. The maximum atomic E-state index is 13.8. The SMILES string of the molecule is CN(C(=O)c1cc(-c2cc(-c3c(C(F)(F)F)c(C(C)(F)F)nn3C)no2)sc1C#N)C1CC1. The zero-order chi connectivity index (χ0) is 24.3. The lowest BCUT2D eigenvalue weighted by Crippen LogP contribution is -2.28. The van der Waals surface area contributed by atoms with Crippen molar-refractivity contribution in [2.75, 3.05) is 7.05 Å². The van der Waals surface area contributed by atoms with Gasteiger partial charge in [-0.25, -0.2) is 0 Å². The average Bonchev–Trinajstić information content (AvgIpc) is 3.13. The minimum atomic E-state index is -5.12. The predicted molar refractivity (Wildman–Crippen MR) is 106 cm³/mol. The molecular weight excluding hydrogens is 469 g/mol. The summed E-state index contributed by atoms with van der Waals surface area (Å²) < 4.78 is 74.5. The fourth-order valence-corrected chi connectivity index (χ4v) is 4.36. The number of hydrogen-bond donors (Lipinski definition) is 0. The average molecular weight is 485 g/mol. The summed E-state index contributed by atoms with van der Waals surface area (Å²) >= 11 is 0.915. The molecule has 1 aliphatic rings. The molecule has 3 aromatic heterocycles. The Bertz CT molecular complexity index is 1270. The molecule has 1 amide bonds. The zero-order valence-electron chi connectivity index (χ0n) is 17.5. The van der Waals surface area contributed by atoms with E-state index in [1.807, 2.05) is 6.07 Å². The van der Waals surface area contributed by atoms with Crippen LogP contribution in [0.2, 0.25) is 0 Å². The van der Waals surface area contributed by atoms with Crippen molar-refractivity contribution in [3.8, 4) is 28.1 Å². The zero-order valence-corrected chi connectivity index (χ0v) is 18.3. The summed E-state index contributed by atoms with van der Waals surface area (Å²) in [6, 6.07) is 4.60. The molecule has 3 aromatic rings. The van der Waals surface area contributed by atoms with Gasteiger partial charge in [-0.05, 0) is 18.9 Å². The van der Waals surface area contributed by atoms with E-state index in [0.29, 0.717) is 11.6 Å². The number of carbonyl (C=O) groups is 1. The van der Waals surface area contributed by atoms with Gasteiger partial charge >= 0.3 is 6.18 Å². The Kier molecular flexibility index (Phi) is 5.31. The molecule has 7 nitrogen and oxygen atoms in total. The lowest BCUT2D eigenvalue weighted by atomic mass is 10.1. The fraction of sp³-hybridized carbons (Fsp3) is 0.400. The first-order chi connectivity index (χ1) is 15.3. The second kappa shape index (κ2) is 7.65. The van der Waals surface area contributed by atoms with Crippen LogP contribution in [-0.4, -0.2) is 38.8 Å². The molecule has 0 N–H and O–H groups in total. The van der Waals surface area contributed by atoms with Crippen LogP contribution >= 0.6 is 11.3 Å². The summed E-state index contributed by atoms with van der Waals surface area (Å²) in [6.07, 6.45) is -3.38. The van der Waals surface area contributed by atoms with E-state index >= 15 is 0 Å². The van der Waals surface area contributed by atoms with Crippen LogP contribution in [0.3, 0.4) is 0 Å². The number of halogens is 5. The number of rotatable bonds is 5. The van der Waals surface area contributed by atoms with Gasteiger partial charge in [0.2, 0.25) is 0 Å². The Morgan fingerprint density at radius 1 is 1.30 bits per heavy atom. The molecule has 3 heterocycles. The van der Waals surface area contributed by atoms with E-state index in [9.17, 15) is 32.0 Å². The Labute approximate surface area is 188 Å². The van der Waals surface area contributed by atoms with Crippen LogP contribution in [-0.2, 0) is 19.1 Å². The third-order valence-corrected chi connectivity index (χ3v) is 6.28. The molecule has 0 aromatic carbocycles. The van der Waals surface area contributed by atoms with Gasteiger partial charge in [0.15, 0.2) is 5.76 Å². The Hall–Kier alpha value is -3.27. The van der Waals surface area contributed by atoms with Gasteiger partial charge < -0.3 is 9.42 Å². The van der Waals surface area contributed by atoms with Crippen LogP contribution in [0.4, 0.5) is 22.0 Å². The predicted octanol–water partition coefficient (Wildman–Crippen LogP) is 5.04. The molecule has 0 atom stereocenters. The lowest BCUT2D eigenvalue weighted by Gasteiger charge is -2.15. The molecule has 0 radical (unpaired) electrons. The van der Waals surface area contributed by atoms with Gasteiger partial charge in [-0.2, -0.15) is 32.3 Å². The summed E-state index contributed by atoms with van der Waals surface area (Å²) in [7, 11) is 2.73. The molecule has 13 heteroatoms. The van der Waals surface area contributed by atoms with E-state index in [1.54, 1.807) is 7.05 Å². The molecule has 0 aliphatic heterocycles. The van der Waals surface area contributed by atoms with Crippen LogP contribution in [0, 0.1) is 11.3 Å². The molecule has 0 unspecified atom stereocenters. The normalized spacial score (nSPS) is 14.4. The third-order valence-electron chi connectivity index (χ3n) is 5.22. The quantitative estimate of drug-likeness (QED) is 0.473. The van der Waals surface area contributed by atoms with Crippen molar-refractivity contribution in [1.82, 2.24) is 19.8 Å². The number of aromatic nitrogens is 3. The highest BCUT2D eigenvalue weighted by Crippen LogP contribution is 2.44. The first-order valence-corrected chi connectivity index (χ1v) is 10.5. The number of nitrogens with zero attached hydrogens (tertiary/aromatic N) is 5. The molecule has 1 fully saturated rings. The first-order valence-electron chi connectivity index (χ1n) is 9.64. The second-order valence-corrected chi connectivity index (χ2v) is 8.82. The Morgan fingerprint density at radius 2 is 1.97 bits per heavy atom. The maximum absolute atomic E-state index is 13.8. The summed E-state index contributed by atoms with van der Waals surface area (Å²) in [5.41, 5.74) is -3.93. The highest BCUT2D eigenvalue weighted by Gasteiger charge is 2.47. The Balaban J connectivity index is 1.77. The van der Waals surface area contributed by atoms with E-state index in [2.05, 4.69) is 10.3 Å². The summed E-state index contributed by atoms with van der Waals surface area (Å²) in [6.45, 7) is 0.328. The largest absolute Gasteiger partial charge is 0.420 e. The van der Waals surface area contributed by atoms with E-state index < -0.39 is 29.1 Å². The number of alkyl halides is 5. The van der Waals surface area contributed by atoms with Crippen LogP contribution in [0.25, 0.3) is 22.0 Å². The highest BCUT2D eigenvalue weighted by molar-refractivity contribution is 7.16. The fourth-order valence-electron chi connectivity index (χ4n) is 3.47. The van der Waals surface area contributed by atoms with Gasteiger partial charge in [0.25, 0.3) is 11.8 Å². The third kappa shape index (κ3) is 4.10. The number of hydrogen-bond acceptors (Lipinski definition) is 6. The van der Waals surface area contributed by atoms with E-state index in [0.717, 1.165) is 37.3 Å². The highest BCUT2D eigenvalue weighted by atomic mass is 32.1. The number of carbonyl (C=O) groups excluding carboxylic acids is 1. The Morgan fingerprint density at radius 3 is 2.52 bits per heavy atom.